The first-order chi connectivity index (χ1) is 7.62. The first-order valence-electron chi connectivity index (χ1n) is 6.12. The van der Waals surface area contributed by atoms with E-state index in [0.29, 0.717) is 18.9 Å². The highest BCUT2D eigenvalue weighted by Crippen LogP contribution is 2.22. The molecule has 0 spiro atoms. The maximum atomic E-state index is 11.6. The van der Waals surface area contributed by atoms with Crippen LogP contribution in [-0.4, -0.2) is 48.3 Å². The summed E-state index contributed by atoms with van der Waals surface area (Å²) in [6.07, 6.45) is 2.33. The topological polar surface area (TPSA) is 49.8 Å². The van der Waals surface area contributed by atoms with E-state index in [-0.39, 0.29) is 12.0 Å². The lowest BCUT2D eigenvalue weighted by molar-refractivity contribution is -0.146. The molecule has 0 saturated carbocycles. The minimum atomic E-state index is -0.390. The van der Waals surface area contributed by atoms with Gasteiger partial charge in [0.1, 0.15) is 6.04 Å². The molecule has 0 aromatic rings. The number of likely N-dealkylation sites (tertiary alicyclic amines) is 1. The van der Waals surface area contributed by atoms with Gasteiger partial charge in [0.2, 0.25) is 0 Å². The van der Waals surface area contributed by atoms with Crippen molar-refractivity contribution in [2.45, 2.75) is 45.3 Å². The van der Waals surface area contributed by atoms with Crippen molar-refractivity contribution in [2.24, 2.45) is 5.92 Å². The van der Waals surface area contributed by atoms with Crippen LogP contribution < -0.4 is 0 Å². The average molecular weight is 229 g/mol. The van der Waals surface area contributed by atoms with E-state index < -0.39 is 6.10 Å². The fourth-order valence-electron chi connectivity index (χ4n) is 2.34. The minimum absolute atomic E-state index is 0.220. The fraction of sp³-hybridized carbons (Fsp3) is 0.917. The molecular formula is C12H23NO3. The second kappa shape index (κ2) is 6.21. The van der Waals surface area contributed by atoms with Crippen molar-refractivity contribution in [1.29, 1.82) is 0 Å². The van der Waals surface area contributed by atoms with Gasteiger partial charge in [0.25, 0.3) is 0 Å². The van der Waals surface area contributed by atoms with Gasteiger partial charge in [0.05, 0.1) is 13.2 Å². The van der Waals surface area contributed by atoms with Crippen molar-refractivity contribution in [2.75, 3.05) is 20.2 Å². The van der Waals surface area contributed by atoms with Crippen LogP contribution in [0.4, 0.5) is 0 Å². The molecule has 94 valence electrons. The maximum absolute atomic E-state index is 11.6. The SMILES string of the molecule is CCC(CC)CN1C[C@H](O)C[C@H]1C(=O)OC. The lowest BCUT2D eigenvalue weighted by Crippen LogP contribution is -2.39. The summed E-state index contributed by atoms with van der Waals surface area (Å²) in [6, 6.07) is -0.249. The Bertz CT molecular complexity index is 228. The van der Waals surface area contributed by atoms with Crippen LogP contribution in [0.1, 0.15) is 33.1 Å². The standard InChI is InChI=1S/C12H23NO3/c1-4-9(5-2)7-13-8-10(14)6-11(13)12(15)16-3/h9-11,14H,4-8H2,1-3H3/t10-,11+/m1/s1. The second-order valence-corrected chi connectivity index (χ2v) is 4.56. The molecule has 16 heavy (non-hydrogen) atoms. The molecule has 1 N–H and O–H groups in total. The van der Waals surface area contributed by atoms with E-state index in [4.69, 9.17) is 4.74 Å². The number of ether oxygens (including phenoxy) is 1. The molecule has 0 unspecified atom stereocenters. The highest BCUT2D eigenvalue weighted by Gasteiger charge is 2.37. The molecule has 0 bridgehead atoms. The zero-order chi connectivity index (χ0) is 12.1. The summed E-state index contributed by atoms with van der Waals surface area (Å²) in [4.78, 5) is 13.6. The van der Waals surface area contributed by atoms with Crippen molar-refractivity contribution < 1.29 is 14.6 Å². The zero-order valence-corrected chi connectivity index (χ0v) is 10.5. The molecule has 2 atom stereocenters. The van der Waals surface area contributed by atoms with E-state index in [1.54, 1.807) is 0 Å². The van der Waals surface area contributed by atoms with Crippen LogP contribution in [0.15, 0.2) is 0 Å². The Hall–Kier alpha value is -0.610. The normalized spacial score (nSPS) is 26.3. The largest absolute Gasteiger partial charge is 0.468 e. The van der Waals surface area contributed by atoms with Gasteiger partial charge in [-0.25, -0.2) is 0 Å². The van der Waals surface area contributed by atoms with Crippen molar-refractivity contribution in [3.05, 3.63) is 0 Å². The highest BCUT2D eigenvalue weighted by atomic mass is 16.5. The summed E-state index contributed by atoms with van der Waals surface area (Å²) in [5.41, 5.74) is 0. The Morgan fingerprint density at radius 3 is 2.62 bits per heavy atom. The van der Waals surface area contributed by atoms with E-state index in [1.807, 2.05) is 0 Å². The van der Waals surface area contributed by atoms with E-state index in [1.165, 1.54) is 7.11 Å². The maximum Gasteiger partial charge on any atom is 0.323 e. The molecule has 0 aliphatic carbocycles. The van der Waals surface area contributed by atoms with Crippen molar-refractivity contribution in [3.63, 3.8) is 0 Å². The van der Waals surface area contributed by atoms with Crippen LogP contribution in [0.3, 0.4) is 0 Å². The van der Waals surface area contributed by atoms with Gasteiger partial charge in [0, 0.05) is 19.5 Å². The Morgan fingerprint density at radius 2 is 2.12 bits per heavy atom. The van der Waals surface area contributed by atoms with Crippen molar-refractivity contribution >= 4 is 5.97 Å². The van der Waals surface area contributed by atoms with Crippen LogP contribution in [0, 0.1) is 5.92 Å². The molecule has 1 heterocycles. The van der Waals surface area contributed by atoms with E-state index in [2.05, 4.69) is 18.7 Å². The van der Waals surface area contributed by atoms with Gasteiger partial charge in [-0.05, 0) is 5.92 Å². The molecule has 1 aliphatic heterocycles. The lowest BCUT2D eigenvalue weighted by Gasteiger charge is -2.26. The number of hydrogen-bond acceptors (Lipinski definition) is 4. The van der Waals surface area contributed by atoms with Crippen molar-refractivity contribution in [3.8, 4) is 0 Å². The van der Waals surface area contributed by atoms with Gasteiger partial charge >= 0.3 is 5.97 Å². The summed E-state index contributed by atoms with van der Waals surface area (Å²) < 4.78 is 4.77. The summed E-state index contributed by atoms with van der Waals surface area (Å²) in [5, 5.41) is 9.62. The molecule has 1 saturated heterocycles. The molecule has 0 aromatic carbocycles. The molecule has 1 fully saturated rings. The van der Waals surface area contributed by atoms with Crippen LogP contribution in [0.25, 0.3) is 0 Å². The average Bonchev–Trinajstić information content (AvgIpc) is 2.66. The summed E-state index contributed by atoms with van der Waals surface area (Å²) in [7, 11) is 1.41. The van der Waals surface area contributed by atoms with Crippen LogP contribution in [0.5, 0.6) is 0 Å². The van der Waals surface area contributed by atoms with Gasteiger partial charge in [-0.1, -0.05) is 26.7 Å². The first kappa shape index (κ1) is 13.5. The number of rotatable bonds is 5. The van der Waals surface area contributed by atoms with Gasteiger partial charge in [-0.2, -0.15) is 0 Å². The van der Waals surface area contributed by atoms with E-state index >= 15 is 0 Å². The molecule has 4 nitrogen and oxygen atoms in total. The number of aliphatic hydroxyl groups excluding tert-OH is 1. The predicted octanol–water partition coefficient (Wildman–Crippen LogP) is 1.03. The molecule has 0 amide bonds. The minimum Gasteiger partial charge on any atom is -0.468 e. The lowest BCUT2D eigenvalue weighted by atomic mass is 10.0. The van der Waals surface area contributed by atoms with E-state index in [9.17, 15) is 9.90 Å². The number of aliphatic hydroxyl groups is 1. The van der Waals surface area contributed by atoms with Crippen LogP contribution in [-0.2, 0) is 9.53 Å². The van der Waals surface area contributed by atoms with Gasteiger partial charge in [0.15, 0.2) is 0 Å². The van der Waals surface area contributed by atoms with Crippen LogP contribution in [0.2, 0.25) is 0 Å². The molecule has 0 radical (unpaired) electrons. The second-order valence-electron chi connectivity index (χ2n) is 4.56. The third-order valence-corrected chi connectivity index (χ3v) is 3.50. The van der Waals surface area contributed by atoms with Gasteiger partial charge in [-0.3, -0.25) is 9.69 Å². The van der Waals surface area contributed by atoms with Gasteiger partial charge < -0.3 is 9.84 Å². The third-order valence-electron chi connectivity index (χ3n) is 3.50. The molecular weight excluding hydrogens is 206 g/mol. The summed E-state index contributed by atoms with van der Waals surface area (Å²) in [6.45, 7) is 5.79. The summed E-state index contributed by atoms with van der Waals surface area (Å²) >= 11 is 0. The smallest absolute Gasteiger partial charge is 0.323 e. The number of hydrogen-bond donors (Lipinski definition) is 1. The molecule has 0 aromatic heterocycles. The van der Waals surface area contributed by atoms with E-state index in [0.717, 1.165) is 19.4 Å². The third kappa shape index (κ3) is 3.19. The quantitative estimate of drug-likeness (QED) is 0.715. The Kier molecular flexibility index (Phi) is 5.22. The number of esters is 1. The molecule has 4 heteroatoms. The monoisotopic (exact) mass is 229 g/mol. The number of β-amino-alcohol motifs (C(OH)–C–C–N with tert-alkyl or cyclic N) is 1. The number of methoxy groups -OCH3 is 1. The Labute approximate surface area is 97.6 Å². The number of nitrogens with zero attached hydrogens (tertiary/aromatic N) is 1. The summed E-state index contributed by atoms with van der Waals surface area (Å²) in [5.74, 6) is 0.375. The fourth-order valence-corrected chi connectivity index (χ4v) is 2.34. The van der Waals surface area contributed by atoms with Gasteiger partial charge in [-0.15, -0.1) is 0 Å². The zero-order valence-electron chi connectivity index (χ0n) is 10.5. The van der Waals surface area contributed by atoms with Crippen molar-refractivity contribution in [1.82, 2.24) is 4.90 Å². The molecule has 1 rings (SSSR count). The number of carbonyl (C=O) groups is 1. The first-order valence-corrected chi connectivity index (χ1v) is 6.12. The number of carbonyl (C=O) groups excluding carboxylic acids is 1. The Balaban J connectivity index is 2.58. The van der Waals surface area contributed by atoms with Crippen LogP contribution >= 0.6 is 0 Å². The highest BCUT2D eigenvalue weighted by molar-refractivity contribution is 5.76. The molecule has 1 aliphatic rings. The predicted molar refractivity (Wildman–Crippen MR) is 62.1 cm³/mol. The Morgan fingerprint density at radius 1 is 1.50 bits per heavy atom.